The van der Waals surface area contributed by atoms with E-state index < -0.39 is 0 Å². The molecule has 0 aromatic heterocycles. The zero-order valence-corrected chi connectivity index (χ0v) is 19.7. The Morgan fingerprint density at radius 2 is 1.42 bits per heavy atom. The van der Waals surface area contributed by atoms with Crippen LogP contribution in [0.5, 0.6) is 5.75 Å². The number of nitrogens with one attached hydrogen (secondary N) is 3. The Balaban J connectivity index is 1.37. The smallest absolute Gasteiger partial charge is 0.255 e. The van der Waals surface area contributed by atoms with Crippen molar-refractivity contribution < 1.29 is 18.7 Å². The highest BCUT2D eigenvalue weighted by Gasteiger charge is 2.16. The van der Waals surface area contributed by atoms with Gasteiger partial charge in [0.2, 0.25) is 5.91 Å². The summed E-state index contributed by atoms with van der Waals surface area (Å²) < 4.78 is 18.7. The van der Waals surface area contributed by atoms with Gasteiger partial charge in [0.15, 0.2) is 0 Å². The summed E-state index contributed by atoms with van der Waals surface area (Å²) in [4.78, 5) is 25.2. The second-order valence-corrected chi connectivity index (χ2v) is 8.06. The lowest BCUT2D eigenvalue weighted by Crippen LogP contribution is -2.32. The molecule has 0 fully saturated rings. The van der Waals surface area contributed by atoms with Gasteiger partial charge >= 0.3 is 0 Å². The van der Waals surface area contributed by atoms with Crippen LogP contribution < -0.4 is 20.7 Å². The van der Waals surface area contributed by atoms with E-state index in [9.17, 15) is 14.0 Å². The average Bonchev–Trinajstić information content (AvgIpc) is 2.91. The molecule has 0 aliphatic heterocycles. The molecule has 0 aliphatic rings. The summed E-state index contributed by atoms with van der Waals surface area (Å²) >= 11 is 0. The molecule has 7 heteroatoms. The number of methoxy groups -OCH3 is 1. The molecule has 4 rings (SSSR count). The van der Waals surface area contributed by atoms with Crippen LogP contribution in [0.3, 0.4) is 0 Å². The lowest BCUT2D eigenvalue weighted by Gasteiger charge is -2.20. The molecule has 0 aliphatic carbocycles. The summed E-state index contributed by atoms with van der Waals surface area (Å²) in [5, 5.41) is 8.90. The van der Waals surface area contributed by atoms with E-state index in [1.54, 1.807) is 55.6 Å². The Morgan fingerprint density at radius 3 is 2.11 bits per heavy atom. The lowest BCUT2D eigenvalue weighted by atomic mass is 9.98. The Kier molecular flexibility index (Phi) is 8.05. The molecule has 3 N–H and O–H groups in total. The Morgan fingerprint density at radius 1 is 0.778 bits per heavy atom. The van der Waals surface area contributed by atoms with E-state index in [1.807, 2.05) is 42.5 Å². The van der Waals surface area contributed by atoms with E-state index in [2.05, 4.69) is 16.0 Å². The fourth-order valence-electron chi connectivity index (χ4n) is 3.78. The Labute approximate surface area is 209 Å². The Hall–Kier alpha value is -4.49. The predicted molar refractivity (Wildman–Crippen MR) is 139 cm³/mol. The summed E-state index contributed by atoms with van der Waals surface area (Å²) in [5.41, 5.74) is 3.39. The van der Waals surface area contributed by atoms with E-state index >= 15 is 0 Å². The molecule has 0 bridgehead atoms. The summed E-state index contributed by atoms with van der Waals surface area (Å²) in [6, 6.07) is 29.3. The van der Waals surface area contributed by atoms with Gasteiger partial charge < -0.3 is 15.4 Å². The molecule has 6 nitrogen and oxygen atoms in total. The van der Waals surface area contributed by atoms with Crippen LogP contribution >= 0.6 is 0 Å². The predicted octanol–water partition coefficient (Wildman–Crippen LogP) is 5.40. The van der Waals surface area contributed by atoms with E-state index in [1.165, 1.54) is 12.1 Å². The maximum atomic E-state index is 13.4. The van der Waals surface area contributed by atoms with Crippen molar-refractivity contribution in [3.05, 3.63) is 126 Å². The van der Waals surface area contributed by atoms with Crippen molar-refractivity contribution >= 4 is 23.2 Å². The van der Waals surface area contributed by atoms with Gasteiger partial charge in [-0.15, -0.1) is 0 Å². The van der Waals surface area contributed by atoms with Gasteiger partial charge in [0, 0.05) is 11.3 Å². The standard InChI is InChI=1S/C29H26FN3O3/c1-36-26-10-6-5-9-25(26)33-29(35)22-13-17-24(18-14-22)32-27(34)19-31-28(20-7-3-2-4-8-20)21-11-15-23(30)16-12-21/h2-18,28,31H,19H2,1H3,(H,32,34)(H,33,35). The van der Waals surface area contributed by atoms with Gasteiger partial charge in [-0.05, 0) is 59.7 Å². The largest absolute Gasteiger partial charge is 0.495 e. The molecule has 4 aromatic rings. The first kappa shape index (κ1) is 24.6. The Bertz CT molecular complexity index is 1310. The van der Waals surface area contributed by atoms with Crippen molar-refractivity contribution in [2.24, 2.45) is 0 Å². The number of para-hydroxylation sites is 2. The van der Waals surface area contributed by atoms with Gasteiger partial charge in [-0.3, -0.25) is 14.9 Å². The highest BCUT2D eigenvalue weighted by atomic mass is 19.1. The van der Waals surface area contributed by atoms with Gasteiger partial charge in [-0.1, -0.05) is 54.6 Å². The fraction of sp³-hybridized carbons (Fsp3) is 0.103. The molecule has 182 valence electrons. The van der Waals surface area contributed by atoms with Crippen molar-refractivity contribution in [3.63, 3.8) is 0 Å². The van der Waals surface area contributed by atoms with Gasteiger partial charge in [0.05, 0.1) is 25.4 Å². The molecule has 4 aromatic carbocycles. The minimum Gasteiger partial charge on any atom is -0.495 e. The van der Waals surface area contributed by atoms with E-state index in [0.29, 0.717) is 22.7 Å². The van der Waals surface area contributed by atoms with Gasteiger partial charge in [0.25, 0.3) is 5.91 Å². The van der Waals surface area contributed by atoms with E-state index in [0.717, 1.165) is 11.1 Å². The van der Waals surface area contributed by atoms with Gasteiger partial charge in [-0.2, -0.15) is 0 Å². The second-order valence-electron chi connectivity index (χ2n) is 8.06. The van der Waals surface area contributed by atoms with Crippen LogP contribution in [0.2, 0.25) is 0 Å². The number of carbonyl (C=O) groups excluding carboxylic acids is 2. The van der Waals surface area contributed by atoms with Crippen molar-refractivity contribution in [3.8, 4) is 5.75 Å². The second kappa shape index (κ2) is 11.8. The van der Waals surface area contributed by atoms with E-state index in [-0.39, 0.29) is 30.2 Å². The molecule has 1 atom stereocenters. The monoisotopic (exact) mass is 483 g/mol. The number of rotatable bonds is 9. The van der Waals surface area contributed by atoms with Crippen molar-refractivity contribution in [1.29, 1.82) is 0 Å². The fourth-order valence-corrected chi connectivity index (χ4v) is 3.78. The van der Waals surface area contributed by atoms with Gasteiger partial charge in [-0.25, -0.2) is 4.39 Å². The number of ether oxygens (including phenoxy) is 1. The third-order valence-electron chi connectivity index (χ3n) is 5.59. The van der Waals surface area contributed by atoms with Crippen LogP contribution in [0, 0.1) is 5.82 Å². The highest BCUT2D eigenvalue weighted by Crippen LogP contribution is 2.24. The van der Waals surface area contributed by atoms with Crippen LogP contribution in [-0.2, 0) is 4.79 Å². The lowest BCUT2D eigenvalue weighted by molar-refractivity contribution is -0.115. The molecule has 0 spiro atoms. The minimum absolute atomic E-state index is 0.0347. The third kappa shape index (κ3) is 6.34. The molecule has 2 amide bonds. The first-order chi connectivity index (χ1) is 17.5. The maximum absolute atomic E-state index is 13.4. The zero-order valence-electron chi connectivity index (χ0n) is 19.7. The number of hydrogen-bond donors (Lipinski definition) is 3. The number of anilines is 2. The molecular weight excluding hydrogens is 457 g/mol. The SMILES string of the molecule is COc1ccccc1NC(=O)c1ccc(NC(=O)CNC(c2ccccc2)c2ccc(F)cc2)cc1. The number of halogens is 1. The zero-order chi connectivity index (χ0) is 25.3. The number of hydrogen-bond acceptors (Lipinski definition) is 4. The minimum atomic E-state index is -0.316. The van der Waals surface area contributed by atoms with Crippen LogP contribution in [-0.4, -0.2) is 25.5 Å². The topological polar surface area (TPSA) is 79.5 Å². The third-order valence-corrected chi connectivity index (χ3v) is 5.59. The highest BCUT2D eigenvalue weighted by molar-refractivity contribution is 6.05. The molecular formula is C29H26FN3O3. The van der Waals surface area contributed by atoms with Crippen LogP contribution in [0.15, 0.2) is 103 Å². The first-order valence-electron chi connectivity index (χ1n) is 11.4. The number of carbonyl (C=O) groups is 2. The average molecular weight is 484 g/mol. The summed E-state index contributed by atoms with van der Waals surface area (Å²) in [6.07, 6.45) is 0. The summed E-state index contributed by atoms with van der Waals surface area (Å²) in [7, 11) is 1.54. The summed E-state index contributed by atoms with van der Waals surface area (Å²) in [6.45, 7) is 0.0347. The quantitative estimate of drug-likeness (QED) is 0.298. The first-order valence-corrected chi connectivity index (χ1v) is 11.4. The van der Waals surface area contributed by atoms with Crippen molar-refractivity contribution in [2.45, 2.75) is 6.04 Å². The van der Waals surface area contributed by atoms with Crippen LogP contribution in [0.4, 0.5) is 15.8 Å². The molecule has 0 radical (unpaired) electrons. The van der Waals surface area contributed by atoms with Crippen molar-refractivity contribution in [2.75, 3.05) is 24.3 Å². The van der Waals surface area contributed by atoms with Crippen molar-refractivity contribution in [1.82, 2.24) is 5.32 Å². The number of benzene rings is 4. The molecule has 36 heavy (non-hydrogen) atoms. The molecule has 1 unspecified atom stereocenters. The molecule has 0 saturated carbocycles. The number of amides is 2. The molecule has 0 heterocycles. The maximum Gasteiger partial charge on any atom is 0.255 e. The van der Waals surface area contributed by atoms with E-state index in [4.69, 9.17) is 4.74 Å². The summed E-state index contributed by atoms with van der Waals surface area (Å²) in [5.74, 6) is -0.284. The molecule has 0 saturated heterocycles. The van der Waals surface area contributed by atoms with Crippen LogP contribution in [0.1, 0.15) is 27.5 Å². The van der Waals surface area contributed by atoms with Gasteiger partial charge in [0.1, 0.15) is 11.6 Å². The normalized spacial score (nSPS) is 11.4. The van der Waals surface area contributed by atoms with Crippen LogP contribution in [0.25, 0.3) is 0 Å².